The number of amides is 2. The van der Waals surface area contributed by atoms with Gasteiger partial charge in [-0.15, -0.1) is 0 Å². The van der Waals surface area contributed by atoms with Crippen molar-refractivity contribution in [3.63, 3.8) is 0 Å². The number of likely N-dealkylation sites (tertiary alicyclic amines) is 2. The topological polar surface area (TPSA) is 111 Å². The Balaban J connectivity index is 1.71. The molecule has 2 fully saturated rings. The van der Waals surface area contributed by atoms with Crippen LogP contribution in [0, 0.1) is 0 Å². The molecule has 0 spiro atoms. The number of likely N-dealkylation sites (N-methyl/N-ethyl adjacent to an activating group) is 1. The Bertz CT molecular complexity index is 435. The summed E-state index contributed by atoms with van der Waals surface area (Å²) in [5.74, 6) is 0.000764. The van der Waals surface area contributed by atoms with Crippen LogP contribution < -0.4 is 16.4 Å². The molecule has 0 saturated carbocycles. The van der Waals surface area contributed by atoms with Crippen LogP contribution in [-0.2, 0) is 9.59 Å². The van der Waals surface area contributed by atoms with Crippen LogP contribution in [0.3, 0.4) is 0 Å². The molecule has 2 heterocycles. The summed E-state index contributed by atoms with van der Waals surface area (Å²) in [5, 5.41) is 15.3. The third kappa shape index (κ3) is 5.41. The van der Waals surface area contributed by atoms with Gasteiger partial charge < -0.3 is 21.5 Å². The number of aliphatic hydroxyl groups excluding tert-OH is 1. The van der Waals surface area contributed by atoms with E-state index in [1.165, 1.54) is 0 Å². The number of carbonyl (C=O) groups excluding carboxylic acids is 2. The molecule has 24 heavy (non-hydrogen) atoms. The van der Waals surface area contributed by atoms with Gasteiger partial charge in [0.05, 0.1) is 18.7 Å². The zero-order chi connectivity index (χ0) is 17.7. The van der Waals surface area contributed by atoms with E-state index in [0.29, 0.717) is 32.6 Å². The van der Waals surface area contributed by atoms with E-state index in [9.17, 15) is 14.7 Å². The highest BCUT2D eigenvalue weighted by Gasteiger charge is 2.35. The molecule has 2 aliphatic rings. The Morgan fingerprint density at radius 1 is 1.25 bits per heavy atom. The molecule has 2 amide bonds. The Kier molecular flexibility index (Phi) is 6.97. The van der Waals surface area contributed by atoms with Gasteiger partial charge in [-0.1, -0.05) is 0 Å². The Hall–Kier alpha value is -1.22. The number of hydrogen-bond donors (Lipinski definition) is 4. The third-order valence-electron chi connectivity index (χ3n) is 4.62. The van der Waals surface area contributed by atoms with Gasteiger partial charge in [0, 0.05) is 44.8 Å². The van der Waals surface area contributed by atoms with Crippen molar-refractivity contribution in [2.45, 2.75) is 50.9 Å². The molecule has 2 unspecified atom stereocenters. The Morgan fingerprint density at radius 3 is 2.46 bits per heavy atom. The Morgan fingerprint density at radius 2 is 1.92 bits per heavy atom. The highest BCUT2D eigenvalue weighted by atomic mass is 16.3. The lowest BCUT2D eigenvalue weighted by Crippen LogP contribution is -2.60. The van der Waals surface area contributed by atoms with Crippen LogP contribution in [-0.4, -0.2) is 90.2 Å². The lowest BCUT2D eigenvalue weighted by Gasteiger charge is -2.41. The summed E-state index contributed by atoms with van der Waals surface area (Å²) in [4.78, 5) is 28.2. The van der Waals surface area contributed by atoms with Gasteiger partial charge in [-0.05, 0) is 26.7 Å². The van der Waals surface area contributed by atoms with Crippen molar-refractivity contribution in [3.05, 3.63) is 0 Å². The van der Waals surface area contributed by atoms with E-state index in [1.54, 1.807) is 0 Å². The van der Waals surface area contributed by atoms with Crippen LogP contribution in [0.4, 0.5) is 0 Å². The first-order chi connectivity index (χ1) is 11.4. The van der Waals surface area contributed by atoms with Crippen molar-refractivity contribution in [2.75, 3.05) is 39.3 Å². The predicted octanol–water partition coefficient (Wildman–Crippen LogP) is -1.90. The molecule has 2 rings (SSSR count). The second kappa shape index (κ2) is 8.75. The van der Waals surface area contributed by atoms with Crippen LogP contribution in [0.5, 0.6) is 0 Å². The first-order valence-electron chi connectivity index (χ1n) is 8.86. The predicted molar refractivity (Wildman–Crippen MR) is 91.3 cm³/mol. The van der Waals surface area contributed by atoms with Gasteiger partial charge in [0.1, 0.15) is 0 Å². The average molecular weight is 341 g/mol. The molecular weight excluding hydrogens is 310 g/mol. The molecule has 0 aromatic heterocycles. The summed E-state index contributed by atoms with van der Waals surface area (Å²) in [6.45, 7) is 7.46. The monoisotopic (exact) mass is 341 g/mol. The number of hydrogen-bond acceptors (Lipinski definition) is 6. The normalized spacial score (nSPS) is 22.3. The van der Waals surface area contributed by atoms with Gasteiger partial charge in [0.2, 0.25) is 11.8 Å². The van der Waals surface area contributed by atoms with Crippen LogP contribution >= 0.6 is 0 Å². The fourth-order valence-corrected chi connectivity index (χ4v) is 3.26. The van der Waals surface area contributed by atoms with Crippen LogP contribution in [0.25, 0.3) is 0 Å². The largest absolute Gasteiger partial charge is 0.390 e. The van der Waals surface area contributed by atoms with Crippen molar-refractivity contribution in [3.8, 4) is 0 Å². The SMILES string of the molecule is CCNC(=O)C(CCC(C)NC(=O)CN1CC(N)C1)N1CC(O)C1. The molecule has 8 nitrogen and oxygen atoms in total. The van der Waals surface area contributed by atoms with E-state index in [-0.39, 0.29) is 36.0 Å². The summed E-state index contributed by atoms with van der Waals surface area (Å²) in [6, 6.07) is -0.0309. The maximum atomic E-state index is 12.2. The van der Waals surface area contributed by atoms with Gasteiger partial charge in [-0.25, -0.2) is 0 Å². The maximum Gasteiger partial charge on any atom is 0.237 e. The van der Waals surface area contributed by atoms with Crippen molar-refractivity contribution in [1.82, 2.24) is 20.4 Å². The minimum absolute atomic E-state index is 0.00232. The fraction of sp³-hybridized carbons (Fsp3) is 0.875. The number of aliphatic hydroxyl groups is 1. The van der Waals surface area contributed by atoms with E-state index in [2.05, 4.69) is 10.6 Å². The van der Waals surface area contributed by atoms with Crippen LogP contribution in [0.15, 0.2) is 0 Å². The van der Waals surface area contributed by atoms with E-state index in [1.807, 2.05) is 23.6 Å². The van der Waals surface area contributed by atoms with Crippen molar-refractivity contribution in [2.24, 2.45) is 5.73 Å². The first-order valence-corrected chi connectivity index (χ1v) is 8.86. The van der Waals surface area contributed by atoms with E-state index in [4.69, 9.17) is 5.73 Å². The molecule has 0 aromatic rings. The first kappa shape index (κ1) is 19.1. The summed E-state index contributed by atoms with van der Waals surface area (Å²) < 4.78 is 0. The molecule has 2 saturated heterocycles. The third-order valence-corrected chi connectivity index (χ3v) is 4.62. The van der Waals surface area contributed by atoms with Gasteiger partial charge >= 0.3 is 0 Å². The summed E-state index contributed by atoms with van der Waals surface area (Å²) >= 11 is 0. The summed E-state index contributed by atoms with van der Waals surface area (Å²) in [5.41, 5.74) is 5.70. The minimum Gasteiger partial charge on any atom is -0.390 e. The highest BCUT2D eigenvalue weighted by molar-refractivity contribution is 5.82. The lowest BCUT2D eigenvalue weighted by atomic mass is 10.0. The molecule has 0 aromatic carbocycles. The Labute approximate surface area is 143 Å². The molecular formula is C16H31N5O3. The van der Waals surface area contributed by atoms with Crippen molar-refractivity contribution in [1.29, 1.82) is 0 Å². The second-order valence-electron chi connectivity index (χ2n) is 7.02. The van der Waals surface area contributed by atoms with E-state index < -0.39 is 0 Å². The van der Waals surface area contributed by atoms with Gasteiger partial charge in [0.15, 0.2) is 0 Å². The lowest BCUT2D eigenvalue weighted by molar-refractivity contribution is -0.131. The summed E-state index contributed by atoms with van der Waals surface area (Å²) in [7, 11) is 0. The molecule has 5 N–H and O–H groups in total. The van der Waals surface area contributed by atoms with Gasteiger partial charge in [-0.3, -0.25) is 19.4 Å². The summed E-state index contributed by atoms with van der Waals surface area (Å²) in [6.07, 6.45) is 1.05. The molecule has 0 aliphatic carbocycles. The van der Waals surface area contributed by atoms with Gasteiger partial charge in [0.25, 0.3) is 0 Å². The van der Waals surface area contributed by atoms with E-state index >= 15 is 0 Å². The highest BCUT2D eigenvalue weighted by Crippen LogP contribution is 2.17. The average Bonchev–Trinajstić information content (AvgIpc) is 2.44. The molecule has 0 radical (unpaired) electrons. The van der Waals surface area contributed by atoms with Crippen molar-refractivity contribution >= 4 is 11.8 Å². The number of β-amino-alcohol motifs (C(OH)–C–C–N with tert-alkyl or cyclic N) is 1. The van der Waals surface area contributed by atoms with Crippen LogP contribution in [0.2, 0.25) is 0 Å². The zero-order valence-electron chi connectivity index (χ0n) is 14.7. The number of nitrogens with zero attached hydrogens (tertiary/aromatic N) is 2. The standard InChI is InChI=1S/C16H31N5O3/c1-3-18-16(24)14(21-8-13(22)9-21)5-4-11(2)19-15(23)10-20-6-12(17)7-20/h11-14,22H,3-10,17H2,1-2H3,(H,18,24)(H,19,23). The van der Waals surface area contributed by atoms with Crippen LogP contribution in [0.1, 0.15) is 26.7 Å². The van der Waals surface area contributed by atoms with Crippen molar-refractivity contribution < 1.29 is 14.7 Å². The maximum absolute atomic E-state index is 12.2. The number of nitrogens with two attached hydrogens (primary N) is 1. The number of carbonyl (C=O) groups is 2. The van der Waals surface area contributed by atoms with Gasteiger partial charge in [-0.2, -0.15) is 0 Å². The second-order valence-corrected chi connectivity index (χ2v) is 7.02. The zero-order valence-corrected chi connectivity index (χ0v) is 14.7. The van der Waals surface area contributed by atoms with E-state index in [0.717, 1.165) is 19.5 Å². The molecule has 2 atom stereocenters. The molecule has 8 heteroatoms. The molecule has 0 bridgehead atoms. The quantitative estimate of drug-likeness (QED) is 0.390. The number of rotatable bonds is 9. The fourth-order valence-electron chi connectivity index (χ4n) is 3.26. The minimum atomic E-state index is -0.332. The molecule has 2 aliphatic heterocycles. The number of nitrogens with one attached hydrogen (secondary N) is 2. The molecule has 138 valence electrons. The smallest absolute Gasteiger partial charge is 0.237 e.